The van der Waals surface area contributed by atoms with Crippen LogP contribution in [0.25, 0.3) is 10.4 Å². The number of hydrogen-bond acceptors (Lipinski definition) is 4. The number of aliphatic carboxylic acids is 1. The lowest BCUT2D eigenvalue weighted by molar-refractivity contribution is -0.132. The largest absolute Gasteiger partial charge is 0.478 e. The summed E-state index contributed by atoms with van der Waals surface area (Å²) >= 11 is 0. The van der Waals surface area contributed by atoms with Crippen LogP contribution in [0.3, 0.4) is 0 Å². The van der Waals surface area contributed by atoms with E-state index in [4.69, 9.17) is 15.4 Å². The lowest BCUT2D eigenvalue weighted by atomic mass is 10.1. The fourth-order valence-corrected chi connectivity index (χ4v) is 2.23. The summed E-state index contributed by atoms with van der Waals surface area (Å²) in [5.74, 6) is -1.22. The van der Waals surface area contributed by atoms with Crippen molar-refractivity contribution in [3.05, 3.63) is 57.6 Å². The van der Waals surface area contributed by atoms with Crippen molar-refractivity contribution in [1.82, 2.24) is 4.90 Å². The summed E-state index contributed by atoms with van der Waals surface area (Å²) in [7, 11) is 0. The van der Waals surface area contributed by atoms with Crippen LogP contribution in [-0.2, 0) is 22.5 Å². The molecule has 2 rings (SSSR count). The zero-order chi connectivity index (χ0) is 15.8. The molecular formula is C15H18N4O3. The first-order chi connectivity index (χ1) is 10.7. The third-order valence-electron chi connectivity index (χ3n) is 3.44. The summed E-state index contributed by atoms with van der Waals surface area (Å²) in [4.78, 5) is 15.7. The Labute approximate surface area is 128 Å². The fourth-order valence-electron chi connectivity index (χ4n) is 2.23. The van der Waals surface area contributed by atoms with Crippen LogP contribution in [0.1, 0.15) is 11.1 Å². The minimum atomic E-state index is -1.22. The molecule has 0 unspecified atom stereocenters. The summed E-state index contributed by atoms with van der Waals surface area (Å²) in [5.41, 5.74) is 10.2. The average molecular weight is 302 g/mol. The van der Waals surface area contributed by atoms with Crippen molar-refractivity contribution in [3.63, 3.8) is 0 Å². The Hall–Kier alpha value is -2.34. The van der Waals surface area contributed by atoms with Crippen LogP contribution in [0.4, 0.5) is 0 Å². The van der Waals surface area contributed by atoms with Crippen LogP contribution in [0.15, 0.2) is 41.2 Å². The first-order valence-electron chi connectivity index (χ1n) is 7.05. The highest BCUT2D eigenvalue weighted by atomic mass is 16.5. The van der Waals surface area contributed by atoms with Crippen molar-refractivity contribution in [2.45, 2.75) is 13.0 Å². The second-order valence-corrected chi connectivity index (χ2v) is 4.99. The highest BCUT2D eigenvalue weighted by Crippen LogP contribution is 2.11. The van der Waals surface area contributed by atoms with E-state index in [2.05, 4.69) is 14.9 Å². The van der Waals surface area contributed by atoms with Gasteiger partial charge in [0.25, 0.3) is 0 Å². The minimum absolute atomic E-state index is 0.278. The van der Waals surface area contributed by atoms with Gasteiger partial charge in [0.05, 0.1) is 13.2 Å². The molecule has 0 bridgehead atoms. The number of azide groups is 1. The molecule has 1 aromatic carbocycles. The van der Waals surface area contributed by atoms with Gasteiger partial charge in [0.15, 0.2) is 0 Å². The molecule has 1 aliphatic heterocycles. The number of carboxylic acids is 1. The highest BCUT2D eigenvalue weighted by molar-refractivity contribution is 5.86. The lowest BCUT2D eigenvalue weighted by Gasteiger charge is -2.26. The number of carboxylic acid groups (broad SMARTS) is 1. The first-order valence-corrected chi connectivity index (χ1v) is 7.05. The van der Waals surface area contributed by atoms with Crippen molar-refractivity contribution in [2.24, 2.45) is 5.11 Å². The SMILES string of the molecule is [N-]=[N+]=N/C(=C/Cc1ccc(CN2CCOCC2)cc1)C(=O)O. The molecule has 1 heterocycles. The number of carbonyl (C=O) groups is 1. The van der Waals surface area contributed by atoms with Gasteiger partial charge in [0.2, 0.25) is 0 Å². The molecule has 0 atom stereocenters. The molecule has 22 heavy (non-hydrogen) atoms. The van der Waals surface area contributed by atoms with Crippen LogP contribution in [-0.4, -0.2) is 42.3 Å². The van der Waals surface area contributed by atoms with E-state index >= 15 is 0 Å². The van der Waals surface area contributed by atoms with E-state index in [0.29, 0.717) is 6.42 Å². The molecule has 0 radical (unpaired) electrons. The van der Waals surface area contributed by atoms with Crippen molar-refractivity contribution < 1.29 is 14.6 Å². The maximum Gasteiger partial charge on any atom is 0.337 e. The van der Waals surface area contributed by atoms with Crippen molar-refractivity contribution >= 4 is 5.97 Å². The summed E-state index contributed by atoms with van der Waals surface area (Å²) in [6, 6.07) is 7.99. The molecule has 0 saturated carbocycles. The number of rotatable bonds is 6. The van der Waals surface area contributed by atoms with E-state index in [1.54, 1.807) is 0 Å². The Balaban J connectivity index is 1.95. The zero-order valence-corrected chi connectivity index (χ0v) is 12.2. The Morgan fingerprint density at radius 1 is 1.32 bits per heavy atom. The number of benzene rings is 1. The van der Waals surface area contributed by atoms with E-state index < -0.39 is 5.97 Å². The van der Waals surface area contributed by atoms with Gasteiger partial charge < -0.3 is 9.84 Å². The molecule has 1 N–H and O–H groups in total. The third kappa shape index (κ3) is 4.89. The Morgan fingerprint density at radius 2 is 1.95 bits per heavy atom. The van der Waals surface area contributed by atoms with Gasteiger partial charge in [-0.2, -0.15) is 0 Å². The molecule has 116 valence electrons. The lowest BCUT2D eigenvalue weighted by Crippen LogP contribution is -2.35. The molecule has 1 aliphatic rings. The maximum absolute atomic E-state index is 10.8. The molecular weight excluding hydrogens is 284 g/mol. The van der Waals surface area contributed by atoms with Crippen LogP contribution >= 0.6 is 0 Å². The van der Waals surface area contributed by atoms with Crippen LogP contribution in [0, 0.1) is 0 Å². The number of hydrogen-bond donors (Lipinski definition) is 1. The van der Waals surface area contributed by atoms with Gasteiger partial charge in [-0.25, -0.2) is 4.79 Å². The van der Waals surface area contributed by atoms with Crippen molar-refractivity contribution in [2.75, 3.05) is 26.3 Å². The number of nitrogens with zero attached hydrogens (tertiary/aromatic N) is 4. The van der Waals surface area contributed by atoms with E-state index in [1.165, 1.54) is 11.6 Å². The van der Waals surface area contributed by atoms with E-state index in [-0.39, 0.29) is 5.70 Å². The molecule has 1 fully saturated rings. The molecule has 1 saturated heterocycles. The number of morpholine rings is 1. The van der Waals surface area contributed by atoms with Gasteiger partial charge in [0, 0.05) is 24.5 Å². The molecule has 1 aromatic rings. The van der Waals surface area contributed by atoms with Gasteiger partial charge in [-0.1, -0.05) is 35.5 Å². The fraction of sp³-hybridized carbons (Fsp3) is 0.400. The van der Waals surface area contributed by atoms with E-state index in [9.17, 15) is 4.79 Å². The molecule has 0 amide bonds. The summed E-state index contributed by atoms with van der Waals surface area (Å²) < 4.78 is 5.32. The van der Waals surface area contributed by atoms with Gasteiger partial charge in [-0.15, -0.1) is 0 Å². The summed E-state index contributed by atoms with van der Waals surface area (Å²) in [6.45, 7) is 4.33. The van der Waals surface area contributed by atoms with Crippen LogP contribution < -0.4 is 0 Å². The summed E-state index contributed by atoms with van der Waals surface area (Å²) in [5, 5.41) is 12.0. The standard InChI is InChI=1S/C15H18N4O3/c16-18-17-14(15(20)21)6-5-12-1-3-13(4-2-12)11-19-7-9-22-10-8-19/h1-4,6H,5,7-11H2,(H,20,21)/b14-6+. The number of allylic oxidation sites excluding steroid dienone is 1. The maximum atomic E-state index is 10.8. The second kappa shape index (κ2) is 8.19. The third-order valence-corrected chi connectivity index (χ3v) is 3.44. The quantitative estimate of drug-likeness (QED) is 0.377. The monoisotopic (exact) mass is 302 g/mol. The summed E-state index contributed by atoms with van der Waals surface area (Å²) in [6.07, 6.45) is 1.83. The molecule has 0 aromatic heterocycles. The smallest absolute Gasteiger partial charge is 0.337 e. The Kier molecular flexibility index (Phi) is 5.97. The zero-order valence-electron chi connectivity index (χ0n) is 12.2. The molecule has 0 spiro atoms. The average Bonchev–Trinajstić information content (AvgIpc) is 2.53. The Morgan fingerprint density at radius 3 is 2.55 bits per heavy atom. The van der Waals surface area contributed by atoms with Crippen LogP contribution in [0.5, 0.6) is 0 Å². The number of ether oxygens (including phenoxy) is 1. The van der Waals surface area contributed by atoms with E-state index in [0.717, 1.165) is 38.4 Å². The molecule has 0 aliphatic carbocycles. The predicted octanol–water partition coefficient (Wildman–Crippen LogP) is 2.34. The topological polar surface area (TPSA) is 98.5 Å². The highest BCUT2D eigenvalue weighted by Gasteiger charge is 2.10. The van der Waals surface area contributed by atoms with Gasteiger partial charge in [-0.05, 0) is 23.1 Å². The van der Waals surface area contributed by atoms with Crippen molar-refractivity contribution in [3.8, 4) is 0 Å². The normalized spacial score (nSPS) is 16.1. The van der Waals surface area contributed by atoms with Crippen LogP contribution in [0.2, 0.25) is 0 Å². The molecule has 7 heteroatoms. The molecule has 7 nitrogen and oxygen atoms in total. The minimum Gasteiger partial charge on any atom is -0.478 e. The van der Waals surface area contributed by atoms with Gasteiger partial charge in [0.1, 0.15) is 5.70 Å². The first kappa shape index (κ1) is 16.0. The second-order valence-electron chi connectivity index (χ2n) is 4.99. The van der Waals surface area contributed by atoms with Crippen molar-refractivity contribution in [1.29, 1.82) is 0 Å². The van der Waals surface area contributed by atoms with E-state index in [1.807, 2.05) is 24.3 Å². The Bertz CT molecular complexity index is 581. The van der Waals surface area contributed by atoms with Gasteiger partial charge in [-0.3, -0.25) is 4.90 Å². The van der Waals surface area contributed by atoms with Gasteiger partial charge >= 0.3 is 5.97 Å². The predicted molar refractivity (Wildman–Crippen MR) is 81.1 cm³/mol.